The highest BCUT2D eigenvalue weighted by Crippen LogP contribution is 2.29. The summed E-state index contributed by atoms with van der Waals surface area (Å²) in [5, 5.41) is 12.5. The molecule has 0 saturated carbocycles. The van der Waals surface area contributed by atoms with Crippen LogP contribution in [0.3, 0.4) is 0 Å². The summed E-state index contributed by atoms with van der Waals surface area (Å²) in [7, 11) is 2.18. The molecule has 0 unspecified atom stereocenters. The third-order valence-corrected chi connectivity index (χ3v) is 4.50. The molecule has 0 radical (unpaired) electrons. The molecule has 0 spiro atoms. The molecule has 1 saturated heterocycles. The second kappa shape index (κ2) is 6.46. The Balaban J connectivity index is 1.59. The summed E-state index contributed by atoms with van der Waals surface area (Å²) in [5.41, 5.74) is 1.07. The summed E-state index contributed by atoms with van der Waals surface area (Å²) in [6.45, 7) is 5.79. The third kappa shape index (κ3) is 3.36. The molecule has 0 bridgehead atoms. The Kier molecular flexibility index (Phi) is 4.42. The minimum atomic E-state index is 0.464. The van der Waals surface area contributed by atoms with Gasteiger partial charge in [-0.1, -0.05) is 36.4 Å². The van der Waals surface area contributed by atoms with E-state index in [-0.39, 0.29) is 0 Å². The van der Waals surface area contributed by atoms with Gasteiger partial charge >= 0.3 is 0 Å². The number of phenolic OH excluding ortho intramolecular Hbond substituents is 1. The van der Waals surface area contributed by atoms with Gasteiger partial charge in [0.1, 0.15) is 5.75 Å². The smallest absolute Gasteiger partial charge is 0.126 e. The highest BCUT2D eigenvalue weighted by Gasteiger charge is 2.13. The van der Waals surface area contributed by atoms with Gasteiger partial charge in [0.05, 0.1) is 0 Å². The minimum Gasteiger partial charge on any atom is -0.507 e. The normalized spacial score (nSPS) is 17.4. The predicted octanol–water partition coefficient (Wildman–Crippen LogP) is 2.73. The number of benzene rings is 2. The highest BCUT2D eigenvalue weighted by atomic mass is 16.3. The van der Waals surface area contributed by atoms with E-state index in [9.17, 15) is 5.11 Å². The van der Waals surface area contributed by atoms with Crippen molar-refractivity contribution in [3.8, 4) is 5.75 Å². The van der Waals surface area contributed by atoms with Gasteiger partial charge in [0, 0.05) is 31.6 Å². The van der Waals surface area contributed by atoms with E-state index in [1.807, 2.05) is 24.3 Å². The molecule has 2 aromatic carbocycles. The van der Waals surface area contributed by atoms with Crippen molar-refractivity contribution in [1.29, 1.82) is 0 Å². The molecule has 3 nitrogen and oxygen atoms in total. The number of hydrogen-bond donors (Lipinski definition) is 1. The van der Waals surface area contributed by atoms with Crippen molar-refractivity contribution in [2.24, 2.45) is 0 Å². The molecule has 2 aromatic rings. The first-order valence-electron chi connectivity index (χ1n) is 7.84. The number of aryl methyl sites for hydroxylation is 1. The molecule has 0 atom stereocenters. The molecule has 3 heteroatoms. The summed E-state index contributed by atoms with van der Waals surface area (Å²) < 4.78 is 0. The fourth-order valence-electron chi connectivity index (χ4n) is 3.07. The van der Waals surface area contributed by atoms with Crippen LogP contribution in [0.25, 0.3) is 10.8 Å². The molecule has 1 aliphatic rings. The maximum absolute atomic E-state index is 10.4. The molecule has 0 aromatic heterocycles. The molecule has 3 rings (SSSR count). The van der Waals surface area contributed by atoms with E-state index >= 15 is 0 Å². The lowest BCUT2D eigenvalue weighted by Gasteiger charge is -2.32. The highest BCUT2D eigenvalue weighted by molar-refractivity contribution is 5.89. The van der Waals surface area contributed by atoms with Gasteiger partial charge in [-0.25, -0.2) is 0 Å². The Morgan fingerprint density at radius 2 is 1.76 bits per heavy atom. The van der Waals surface area contributed by atoms with Gasteiger partial charge in [-0.2, -0.15) is 0 Å². The van der Waals surface area contributed by atoms with Crippen molar-refractivity contribution >= 4 is 10.8 Å². The van der Waals surface area contributed by atoms with Gasteiger partial charge < -0.3 is 14.9 Å². The van der Waals surface area contributed by atoms with Crippen LogP contribution in [0.2, 0.25) is 0 Å². The number of piperazine rings is 1. The average Bonchev–Trinajstić information content (AvgIpc) is 2.52. The van der Waals surface area contributed by atoms with Crippen LogP contribution in [0, 0.1) is 0 Å². The predicted molar refractivity (Wildman–Crippen MR) is 87.9 cm³/mol. The number of likely N-dealkylation sites (N-methyl/N-ethyl adjacent to an activating group) is 1. The molecule has 1 heterocycles. The van der Waals surface area contributed by atoms with E-state index < -0.39 is 0 Å². The SMILES string of the molecule is CN1CCN(CCCc2ccc3ccccc3c2O)CC1. The van der Waals surface area contributed by atoms with Gasteiger partial charge in [-0.05, 0) is 37.4 Å². The van der Waals surface area contributed by atoms with Crippen LogP contribution in [0.5, 0.6) is 5.75 Å². The Morgan fingerprint density at radius 1 is 1.00 bits per heavy atom. The molecular weight excluding hydrogens is 260 g/mol. The molecule has 112 valence electrons. The molecule has 21 heavy (non-hydrogen) atoms. The van der Waals surface area contributed by atoms with E-state index in [4.69, 9.17) is 0 Å². The number of fused-ring (bicyclic) bond motifs is 1. The summed E-state index contributed by atoms with van der Waals surface area (Å²) in [6.07, 6.45) is 2.05. The van der Waals surface area contributed by atoms with E-state index in [1.54, 1.807) is 0 Å². The Labute approximate surface area is 126 Å². The molecule has 1 aliphatic heterocycles. The zero-order valence-electron chi connectivity index (χ0n) is 12.8. The number of nitrogens with zero attached hydrogens (tertiary/aromatic N) is 2. The first kappa shape index (κ1) is 14.4. The fourth-order valence-corrected chi connectivity index (χ4v) is 3.07. The van der Waals surface area contributed by atoms with Crippen LogP contribution in [0.4, 0.5) is 0 Å². The maximum atomic E-state index is 10.4. The lowest BCUT2D eigenvalue weighted by Crippen LogP contribution is -2.44. The van der Waals surface area contributed by atoms with Crippen LogP contribution >= 0.6 is 0 Å². The van der Waals surface area contributed by atoms with Gasteiger partial charge in [0.25, 0.3) is 0 Å². The second-order valence-corrected chi connectivity index (χ2v) is 6.04. The first-order chi connectivity index (χ1) is 10.2. The van der Waals surface area contributed by atoms with E-state index in [2.05, 4.69) is 29.0 Å². The molecule has 0 aliphatic carbocycles. The molecule has 1 N–H and O–H groups in total. The zero-order chi connectivity index (χ0) is 14.7. The molecule has 1 fully saturated rings. The number of aromatic hydroxyl groups is 1. The summed E-state index contributed by atoms with van der Waals surface area (Å²) >= 11 is 0. The quantitative estimate of drug-likeness (QED) is 0.935. The van der Waals surface area contributed by atoms with Gasteiger partial charge in [-0.3, -0.25) is 0 Å². The van der Waals surface area contributed by atoms with E-state index in [0.717, 1.165) is 35.7 Å². The maximum Gasteiger partial charge on any atom is 0.126 e. The van der Waals surface area contributed by atoms with Crippen molar-refractivity contribution < 1.29 is 5.11 Å². The zero-order valence-corrected chi connectivity index (χ0v) is 12.8. The lowest BCUT2D eigenvalue weighted by atomic mass is 10.0. The van der Waals surface area contributed by atoms with Gasteiger partial charge in [0.15, 0.2) is 0 Å². The minimum absolute atomic E-state index is 0.464. The van der Waals surface area contributed by atoms with Crippen LogP contribution in [-0.2, 0) is 6.42 Å². The Hall–Kier alpha value is -1.58. The second-order valence-electron chi connectivity index (χ2n) is 6.04. The summed E-state index contributed by atoms with van der Waals surface area (Å²) in [5.74, 6) is 0.464. The molecule has 0 amide bonds. The number of phenols is 1. The van der Waals surface area contributed by atoms with E-state index in [0.29, 0.717) is 5.75 Å². The lowest BCUT2D eigenvalue weighted by molar-refractivity contribution is 0.153. The molecular formula is C18H24N2O. The van der Waals surface area contributed by atoms with Crippen LogP contribution < -0.4 is 0 Å². The number of hydrogen-bond acceptors (Lipinski definition) is 3. The fraction of sp³-hybridized carbons (Fsp3) is 0.444. The van der Waals surface area contributed by atoms with Crippen molar-refractivity contribution in [1.82, 2.24) is 9.80 Å². The topological polar surface area (TPSA) is 26.7 Å². The third-order valence-electron chi connectivity index (χ3n) is 4.50. The van der Waals surface area contributed by atoms with Crippen molar-refractivity contribution in [3.05, 3.63) is 42.0 Å². The van der Waals surface area contributed by atoms with Crippen molar-refractivity contribution in [3.63, 3.8) is 0 Å². The van der Waals surface area contributed by atoms with E-state index in [1.165, 1.54) is 26.2 Å². The number of rotatable bonds is 4. The summed E-state index contributed by atoms with van der Waals surface area (Å²) in [4.78, 5) is 4.91. The standard InChI is InChI=1S/C18H24N2O/c1-19-11-13-20(14-12-19)10-4-6-16-9-8-15-5-2-3-7-17(15)18(16)21/h2-3,5,7-9,21H,4,6,10-14H2,1H3. The monoisotopic (exact) mass is 284 g/mol. The van der Waals surface area contributed by atoms with Crippen molar-refractivity contribution in [2.75, 3.05) is 39.8 Å². The Bertz CT molecular complexity index is 603. The first-order valence-corrected chi connectivity index (χ1v) is 7.84. The van der Waals surface area contributed by atoms with Gasteiger partial charge in [-0.15, -0.1) is 0 Å². The summed E-state index contributed by atoms with van der Waals surface area (Å²) in [6, 6.07) is 12.2. The van der Waals surface area contributed by atoms with Gasteiger partial charge in [0.2, 0.25) is 0 Å². The van der Waals surface area contributed by atoms with Crippen LogP contribution in [-0.4, -0.2) is 54.7 Å². The largest absolute Gasteiger partial charge is 0.507 e. The average molecular weight is 284 g/mol. The van der Waals surface area contributed by atoms with Crippen LogP contribution in [0.15, 0.2) is 36.4 Å². The van der Waals surface area contributed by atoms with Crippen molar-refractivity contribution in [2.45, 2.75) is 12.8 Å². The Morgan fingerprint density at radius 3 is 2.57 bits per heavy atom. The van der Waals surface area contributed by atoms with Crippen LogP contribution in [0.1, 0.15) is 12.0 Å².